The average molecular weight is 318 g/mol. The summed E-state index contributed by atoms with van der Waals surface area (Å²) in [4.78, 5) is 12.4. The molecule has 1 saturated heterocycles. The van der Waals surface area contributed by atoms with Gasteiger partial charge in [-0.15, -0.1) is 0 Å². The van der Waals surface area contributed by atoms with Gasteiger partial charge < -0.3 is 20.5 Å². The fraction of sp³-hybridized carbons (Fsp3) is 0.611. The van der Waals surface area contributed by atoms with Gasteiger partial charge in [-0.1, -0.05) is 24.3 Å². The quantitative estimate of drug-likeness (QED) is 0.783. The number of amides is 2. The van der Waals surface area contributed by atoms with Crippen LogP contribution in [-0.4, -0.2) is 34.5 Å². The average Bonchev–Trinajstić information content (AvgIpc) is 2.83. The van der Waals surface area contributed by atoms with Gasteiger partial charge in [-0.25, -0.2) is 4.79 Å². The molecule has 3 N–H and O–H groups in total. The Bertz CT molecular complexity index is 612. The van der Waals surface area contributed by atoms with E-state index in [1.165, 1.54) is 0 Å². The number of hydrogen-bond acceptors (Lipinski definition) is 3. The number of benzene rings is 1. The predicted molar refractivity (Wildman–Crippen MR) is 88.2 cm³/mol. The van der Waals surface area contributed by atoms with E-state index in [1.807, 2.05) is 52.0 Å². The van der Waals surface area contributed by atoms with Crippen molar-refractivity contribution in [3.05, 3.63) is 35.4 Å². The Balaban J connectivity index is 1.67. The van der Waals surface area contributed by atoms with Crippen LogP contribution in [-0.2, 0) is 11.2 Å². The molecular weight excluding hydrogens is 292 g/mol. The SMILES string of the molecule is CC1(C)CC(NC(=O)N[C@H]2c3ccccc3C[C@H]2O)C(C)(C)O1. The van der Waals surface area contributed by atoms with Crippen molar-refractivity contribution in [2.75, 3.05) is 0 Å². The second-order valence-electron chi connectivity index (χ2n) is 7.79. The zero-order chi connectivity index (χ0) is 16.8. The number of fused-ring (bicyclic) bond motifs is 1. The zero-order valence-electron chi connectivity index (χ0n) is 14.2. The summed E-state index contributed by atoms with van der Waals surface area (Å²) < 4.78 is 6.01. The Kier molecular flexibility index (Phi) is 3.89. The van der Waals surface area contributed by atoms with Crippen LogP contribution in [0.25, 0.3) is 0 Å². The monoisotopic (exact) mass is 318 g/mol. The van der Waals surface area contributed by atoms with Crippen molar-refractivity contribution in [1.82, 2.24) is 10.6 Å². The Labute approximate surface area is 137 Å². The van der Waals surface area contributed by atoms with Crippen molar-refractivity contribution in [3.63, 3.8) is 0 Å². The first-order valence-corrected chi connectivity index (χ1v) is 8.21. The van der Waals surface area contributed by atoms with E-state index in [1.54, 1.807) is 0 Å². The molecule has 0 spiro atoms. The number of hydrogen-bond donors (Lipinski definition) is 3. The highest BCUT2D eigenvalue weighted by molar-refractivity contribution is 5.75. The maximum Gasteiger partial charge on any atom is 0.315 e. The highest BCUT2D eigenvalue weighted by atomic mass is 16.5. The van der Waals surface area contributed by atoms with Gasteiger partial charge in [0.15, 0.2) is 0 Å². The van der Waals surface area contributed by atoms with Crippen molar-refractivity contribution in [2.24, 2.45) is 0 Å². The molecule has 1 unspecified atom stereocenters. The van der Waals surface area contributed by atoms with Crippen molar-refractivity contribution in [3.8, 4) is 0 Å². The first kappa shape index (κ1) is 16.3. The first-order chi connectivity index (χ1) is 10.7. The summed E-state index contributed by atoms with van der Waals surface area (Å²) in [5.74, 6) is 0. The van der Waals surface area contributed by atoms with E-state index < -0.39 is 11.7 Å². The molecule has 3 rings (SSSR count). The molecule has 5 nitrogen and oxygen atoms in total. The van der Waals surface area contributed by atoms with Crippen LogP contribution in [0.2, 0.25) is 0 Å². The van der Waals surface area contributed by atoms with Crippen LogP contribution >= 0.6 is 0 Å². The highest BCUT2D eigenvalue weighted by Gasteiger charge is 2.46. The van der Waals surface area contributed by atoms with Crippen LogP contribution in [0.4, 0.5) is 4.79 Å². The topological polar surface area (TPSA) is 70.6 Å². The Morgan fingerprint density at radius 1 is 1.22 bits per heavy atom. The normalized spacial score (nSPS) is 30.7. The summed E-state index contributed by atoms with van der Waals surface area (Å²) in [6, 6.07) is 7.16. The van der Waals surface area contributed by atoms with Crippen LogP contribution in [0.1, 0.15) is 51.3 Å². The lowest BCUT2D eigenvalue weighted by Gasteiger charge is -2.28. The summed E-state index contributed by atoms with van der Waals surface area (Å²) in [6.45, 7) is 8.05. The summed E-state index contributed by atoms with van der Waals surface area (Å²) >= 11 is 0. The zero-order valence-corrected chi connectivity index (χ0v) is 14.2. The van der Waals surface area contributed by atoms with Gasteiger partial charge in [-0.05, 0) is 45.2 Å². The van der Waals surface area contributed by atoms with Crippen LogP contribution in [0.3, 0.4) is 0 Å². The summed E-state index contributed by atoms with van der Waals surface area (Å²) in [6.07, 6.45) is 0.756. The van der Waals surface area contributed by atoms with Gasteiger partial charge in [-0.3, -0.25) is 0 Å². The molecule has 2 aliphatic rings. The molecule has 1 fully saturated rings. The second kappa shape index (κ2) is 5.49. The molecule has 0 radical (unpaired) electrons. The first-order valence-electron chi connectivity index (χ1n) is 8.21. The van der Waals surface area contributed by atoms with Crippen molar-refractivity contribution in [2.45, 2.75) is 69.9 Å². The molecule has 3 atom stereocenters. The van der Waals surface area contributed by atoms with Gasteiger partial charge in [-0.2, -0.15) is 0 Å². The Morgan fingerprint density at radius 3 is 2.57 bits per heavy atom. The largest absolute Gasteiger partial charge is 0.390 e. The minimum Gasteiger partial charge on any atom is -0.390 e. The van der Waals surface area contributed by atoms with Crippen molar-refractivity contribution < 1.29 is 14.6 Å². The van der Waals surface area contributed by atoms with Gasteiger partial charge in [0.2, 0.25) is 0 Å². The van der Waals surface area contributed by atoms with Crippen molar-refractivity contribution >= 4 is 6.03 Å². The number of aliphatic hydroxyl groups excluding tert-OH is 1. The van der Waals surface area contributed by atoms with Gasteiger partial charge >= 0.3 is 6.03 Å². The van der Waals surface area contributed by atoms with Gasteiger partial charge in [0.1, 0.15) is 0 Å². The number of ether oxygens (including phenoxy) is 1. The van der Waals surface area contributed by atoms with Crippen LogP contribution in [0.5, 0.6) is 0 Å². The lowest BCUT2D eigenvalue weighted by molar-refractivity contribution is -0.0691. The summed E-state index contributed by atoms with van der Waals surface area (Å²) in [5.41, 5.74) is 1.43. The van der Waals surface area contributed by atoms with E-state index in [0.29, 0.717) is 6.42 Å². The number of aliphatic hydroxyl groups is 1. The number of nitrogens with one attached hydrogen (secondary N) is 2. The van der Waals surface area contributed by atoms with E-state index >= 15 is 0 Å². The maximum absolute atomic E-state index is 12.4. The van der Waals surface area contributed by atoms with E-state index in [0.717, 1.165) is 17.5 Å². The predicted octanol–water partition coefficient (Wildman–Crippen LogP) is 2.29. The molecule has 1 aliphatic heterocycles. The highest BCUT2D eigenvalue weighted by Crippen LogP contribution is 2.37. The third-order valence-corrected chi connectivity index (χ3v) is 4.87. The third kappa shape index (κ3) is 3.21. The number of carbonyl (C=O) groups excluding carboxylic acids is 1. The minimum absolute atomic E-state index is 0.0636. The second-order valence-corrected chi connectivity index (χ2v) is 7.79. The molecule has 0 aromatic heterocycles. The Morgan fingerprint density at radius 2 is 1.91 bits per heavy atom. The Hall–Kier alpha value is -1.59. The van der Waals surface area contributed by atoms with E-state index in [9.17, 15) is 9.90 Å². The van der Waals surface area contributed by atoms with Gasteiger partial charge in [0.25, 0.3) is 0 Å². The summed E-state index contributed by atoms with van der Waals surface area (Å²) in [7, 11) is 0. The molecule has 1 heterocycles. The maximum atomic E-state index is 12.4. The molecule has 2 amide bonds. The van der Waals surface area contributed by atoms with Gasteiger partial charge in [0.05, 0.1) is 29.4 Å². The van der Waals surface area contributed by atoms with E-state index in [-0.39, 0.29) is 23.7 Å². The summed E-state index contributed by atoms with van der Waals surface area (Å²) in [5, 5.41) is 16.2. The van der Waals surface area contributed by atoms with Gasteiger partial charge in [0, 0.05) is 6.42 Å². The molecular formula is C18H26N2O3. The minimum atomic E-state index is -0.581. The third-order valence-electron chi connectivity index (χ3n) is 4.87. The lowest BCUT2D eigenvalue weighted by atomic mass is 9.94. The standard InChI is InChI=1S/C18H26N2O3/c1-17(2)10-14(18(3,4)23-17)19-16(22)20-15-12-8-6-5-7-11(12)9-13(15)21/h5-8,13-15,21H,9-10H2,1-4H3,(H2,19,20,22)/t13-,14?,15+/m1/s1. The van der Waals surface area contributed by atoms with E-state index in [2.05, 4.69) is 10.6 Å². The molecule has 1 aliphatic carbocycles. The lowest BCUT2D eigenvalue weighted by Crippen LogP contribution is -2.51. The van der Waals surface area contributed by atoms with Crippen LogP contribution < -0.4 is 10.6 Å². The molecule has 1 aromatic carbocycles. The number of rotatable bonds is 2. The fourth-order valence-corrected chi connectivity index (χ4v) is 3.88. The smallest absolute Gasteiger partial charge is 0.315 e. The molecule has 23 heavy (non-hydrogen) atoms. The van der Waals surface area contributed by atoms with E-state index in [4.69, 9.17) is 4.74 Å². The molecule has 1 aromatic rings. The molecule has 126 valence electrons. The van der Waals surface area contributed by atoms with Crippen molar-refractivity contribution in [1.29, 1.82) is 0 Å². The molecule has 0 bridgehead atoms. The number of urea groups is 1. The number of carbonyl (C=O) groups is 1. The van der Waals surface area contributed by atoms with Crippen LogP contribution in [0.15, 0.2) is 24.3 Å². The fourth-order valence-electron chi connectivity index (χ4n) is 3.88. The van der Waals surface area contributed by atoms with Crippen LogP contribution in [0, 0.1) is 0 Å². The molecule has 5 heteroatoms. The molecule has 0 saturated carbocycles.